The van der Waals surface area contributed by atoms with Gasteiger partial charge >= 0.3 is 18.5 Å². The summed E-state index contributed by atoms with van der Waals surface area (Å²) in [6, 6.07) is 9.33. The zero-order valence-corrected chi connectivity index (χ0v) is 18.3. The van der Waals surface area contributed by atoms with Crippen molar-refractivity contribution in [3.8, 4) is 17.2 Å². The predicted molar refractivity (Wildman–Crippen MR) is 110 cm³/mol. The van der Waals surface area contributed by atoms with Crippen molar-refractivity contribution in [2.24, 2.45) is 0 Å². The summed E-state index contributed by atoms with van der Waals surface area (Å²) >= 11 is 0. The first kappa shape index (κ1) is 27.0. The summed E-state index contributed by atoms with van der Waals surface area (Å²) < 4.78 is 134. The number of rotatable bonds is 7. The molecule has 12 heteroatoms. The molecule has 36 heavy (non-hydrogen) atoms. The second-order valence-corrected chi connectivity index (χ2v) is 7.45. The maximum absolute atomic E-state index is 13.6. The van der Waals surface area contributed by atoms with Gasteiger partial charge in [0.25, 0.3) is 0 Å². The molecule has 3 rings (SSSR count). The summed E-state index contributed by atoms with van der Waals surface area (Å²) in [6.07, 6.45) is -14.3. The molecule has 0 bridgehead atoms. The Kier molecular flexibility index (Phi) is 7.65. The van der Waals surface area contributed by atoms with Crippen LogP contribution in [0, 0.1) is 0 Å². The highest BCUT2D eigenvalue weighted by atomic mass is 19.4. The van der Waals surface area contributed by atoms with Crippen LogP contribution in [0.3, 0.4) is 0 Å². The van der Waals surface area contributed by atoms with Crippen LogP contribution in [0.5, 0.6) is 17.2 Å². The number of halogens is 9. The maximum Gasteiger partial charge on any atom is 0.419 e. The lowest BCUT2D eigenvalue weighted by Gasteiger charge is -2.18. The van der Waals surface area contributed by atoms with Gasteiger partial charge in [-0.05, 0) is 54.1 Å². The SMILES string of the molecule is COc1ccc(C(F)(F)F)c(COc2ccc(COc3cccc(C(F)(F)F)c3)cc2C(F)(F)F)c1. The highest BCUT2D eigenvalue weighted by Gasteiger charge is 2.36. The molecule has 0 aromatic heterocycles. The van der Waals surface area contributed by atoms with Gasteiger partial charge in [0.2, 0.25) is 0 Å². The molecule has 194 valence electrons. The van der Waals surface area contributed by atoms with Crippen LogP contribution < -0.4 is 14.2 Å². The van der Waals surface area contributed by atoms with Gasteiger partial charge in [-0.3, -0.25) is 0 Å². The molecule has 0 heterocycles. The zero-order valence-electron chi connectivity index (χ0n) is 18.3. The molecule has 0 N–H and O–H groups in total. The van der Waals surface area contributed by atoms with Crippen LogP contribution in [-0.2, 0) is 31.7 Å². The molecule has 0 amide bonds. The molecule has 3 nitrogen and oxygen atoms in total. The molecule has 3 aromatic rings. The van der Waals surface area contributed by atoms with Crippen LogP contribution in [0.1, 0.15) is 27.8 Å². The third-order valence-electron chi connectivity index (χ3n) is 4.92. The van der Waals surface area contributed by atoms with Crippen molar-refractivity contribution in [2.75, 3.05) is 7.11 Å². The number of hydrogen-bond donors (Lipinski definition) is 0. The molecular formula is C24H17F9O3. The fraction of sp³-hybridized carbons (Fsp3) is 0.250. The summed E-state index contributed by atoms with van der Waals surface area (Å²) in [4.78, 5) is 0. The minimum Gasteiger partial charge on any atom is -0.497 e. The van der Waals surface area contributed by atoms with E-state index in [1.54, 1.807) is 0 Å². The van der Waals surface area contributed by atoms with Crippen molar-refractivity contribution in [1.29, 1.82) is 0 Å². The predicted octanol–water partition coefficient (Wildman–Crippen LogP) is 7.91. The lowest BCUT2D eigenvalue weighted by atomic mass is 10.1. The second kappa shape index (κ2) is 10.2. The standard InChI is InChI=1S/C24H17F9O3/c1-34-17-6-7-19(23(28,29)30)15(10-17)13-36-21-8-5-14(9-20(21)24(31,32)33)12-35-18-4-2-3-16(11-18)22(25,26)27/h2-11H,12-13H2,1H3. The fourth-order valence-electron chi connectivity index (χ4n) is 3.19. The van der Waals surface area contributed by atoms with Gasteiger partial charge in [0.1, 0.15) is 30.5 Å². The van der Waals surface area contributed by atoms with E-state index in [4.69, 9.17) is 14.2 Å². The van der Waals surface area contributed by atoms with E-state index in [2.05, 4.69) is 0 Å². The van der Waals surface area contributed by atoms with E-state index in [-0.39, 0.29) is 17.1 Å². The smallest absolute Gasteiger partial charge is 0.419 e. The number of alkyl halides is 9. The molecule has 0 atom stereocenters. The van der Waals surface area contributed by atoms with Gasteiger partial charge in [0.05, 0.1) is 23.8 Å². The van der Waals surface area contributed by atoms with Gasteiger partial charge in [-0.2, -0.15) is 39.5 Å². The van der Waals surface area contributed by atoms with Gasteiger partial charge in [-0.15, -0.1) is 0 Å². The molecule has 0 aliphatic rings. The van der Waals surface area contributed by atoms with Crippen molar-refractivity contribution in [2.45, 2.75) is 31.7 Å². The van der Waals surface area contributed by atoms with Gasteiger partial charge < -0.3 is 14.2 Å². The largest absolute Gasteiger partial charge is 0.497 e. The quantitative estimate of drug-likeness (QED) is 0.294. The molecule has 0 spiro atoms. The lowest BCUT2D eigenvalue weighted by molar-refractivity contribution is -0.140. The van der Waals surface area contributed by atoms with Gasteiger partial charge in [-0.1, -0.05) is 12.1 Å². The Bertz CT molecular complexity index is 1200. The van der Waals surface area contributed by atoms with Crippen LogP contribution >= 0.6 is 0 Å². The molecule has 0 aliphatic heterocycles. The Labute approximate surface area is 199 Å². The Morgan fingerprint density at radius 3 is 1.92 bits per heavy atom. The second-order valence-electron chi connectivity index (χ2n) is 7.45. The normalized spacial score (nSPS) is 12.4. The van der Waals surface area contributed by atoms with Gasteiger partial charge in [-0.25, -0.2) is 0 Å². The first-order valence-electron chi connectivity index (χ1n) is 10.1. The van der Waals surface area contributed by atoms with Crippen molar-refractivity contribution in [3.05, 3.63) is 88.5 Å². The molecule has 0 unspecified atom stereocenters. The third-order valence-corrected chi connectivity index (χ3v) is 4.92. The van der Waals surface area contributed by atoms with Crippen LogP contribution in [0.4, 0.5) is 39.5 Å². The summed E-state index contributed by atoms with van der Waals surface area (Å²) in [5.41, 5.74) is -3.86. The Balaban J connectivity index is 1.82. The van der Waals surface area contributed by atoms with Crippen LogP contribution in [-0.4, -0.2) is 7.11 Å². The first-order chi connectivity index (χ1) is 16.7. The number of ether oxygens (including phenoxy) is 3. The van der Waals surface area contributed by atoms with E-state index in [9.17, 15) is 39.5 Å². The molecule has 0 fully saturated rings. The summed E-state index contributed by atoms with van der Waals surface area (Å²) in [7, 11) is 1.22. The molecule has 3 aromatic carbocycles. The van der Waals surface area contributed by atoms with E-state index < -0.39 is 59.7 Å². The molecule has 0 saturated carbocycles. The molecule has 0 radical (unpaired) electrons. The maximum atomic E-state index is 13.6. The van der Waals surface area contributed by atoms with Crippen LogP contribution in [0.15, 0.2) is 60.7 Å². The fourth-order valence-corrected chi connectivity index (χ4v) is 3.19. The van der Waals surface area contributed by atoms with Gasteiger partial charge in [0, 0.05) is 5.56 Å². The number of hydrogen-bond acceptors (Lipinski definition) is 3. The topological polar surface area (TPSA) is 27.7 Å². The van der Waals surface area contributed by atoms with Crippen LogP contribution in [0.25, 0.3) is 0 Å². The highest BCUT2D eigenvalue weighted by molar-refractivity contribution is 5.41. The monoisotopic (exact) mass is 524 g/mol. The van der Waals surface area contributed by atoms with E-state index in [0.717, 1.165) is 42.5 Å². The van der Waals surface area contributed by atoms with Crippen molar-refractivity contribution in [3.63, 3.8) is 0 Å². The minimum absolute atomic E-state index is 0.0514. The molecular weight excluding hydrogens is 507 g/mol. The Hall–Kier alpha value is -3.57. The average molecular weight is 524 g/mol. The number of methoxy groups -OCH3 is 1. The van der Waals surface area contributed by atoms with Crippen molar-refractivity contribution >= 4 is 0 Å². The Morgan fingerprint density at radius 2 is 1.31 bits per heavy atom. The zero-order chi connectivity index (χ0) is 26.7. The highest BCUT2D eigenvalue weighted by Crippen LogP contribution is 2.39. The third kappa shape index (κ3) is 6.76. The van der Waals surface area contributed by atoms with Crippen molar-refractivity contribution < 1.29 is 53.7 Å². The average Bonchev–Trinajstić information content (AvgIpc) is 2.79. The van der Waals surface area contributed by atoms with Crippen molar-refractivity contribution in [1.82, 2.24) is 0 Å². The molecule has 0 aliphatic carbocycles. The molecule has 0 saturated heterocycles. The van der Waals surface area contributed by atoms with E-state index >= 15 is 0 Å². The summed E-state index contributed by atoms with van der Waals surface area (Å²) in [5.74, 6) is -0.891. The van der Waals surface area contributed by atoms with E-state index in [1.165, 1.54) is 13.2 Å². The summed E-state index contributed by atoms with van der Waals surface area (Å²) in [5, 5.41) is 0. The Morgan fingerprint density at radius 1 is 0.611 bits per heavy atom. The minimum atomic E-state index is -4.94. The van der Waals surface area contributed by atoms with Gasteiger partial charge in [0.15, 0.2) is 0 Å². The van der Waals surface area contributed by atoms with Crippen LogP contribution in [0.2, 0.25) is 0 Å². The van der Waals surface area contributed by atoms with E-state index in [0.29, 0.717) is 12.1 Å². The first-order valence-corrected chi connectivity index (χ1v) is 10.1. The number of benzene rings is 3. The summed E-state index contributed by atoms with van der Waals surface area (Å²) in [6.45, 7) is -1.34. The lowest BCUT2D eigenvalue weighted by Crippen LogP contribution is -2.13. The van der Waals surface area contributed by atoms with E-state index in [1.807, 2.05) is 0 Å².